The normalized spacial score (nSPS) is 15.5. The maximum absolute atomic E-state index is 12.3. The van der Waals surface area contributed by atoms with E-state index in [2.05, 4.69) is 21.4 Å². The highest BCUT2D eigenvalue weighted by molar-refractivity contribution is 5.83. The van der Waals surface area contributed by atoms with Gasteiger partial charge in [-0.05, 0) is 63.9 Å². The number of nitrogens with one attached hydrogen (secondary N) is 2. The molecule has 0 radical (unpaired) electrons. The van der Waals surface area contributed by atoms with Gasteiger partial charge in [-0.3, -0.25) is 0 Å². The second kappa shape index (κ2) is 7.73. The number of carbonyl (C=O) groups is 1. The molecule has 0 aliphatic carbocycles. The Bertz CT molecular complexity index is 1000. The minimum atomic E-state index is -0.468. The van der Waals surface area contributed by atoms with E-state index >= 15 is 0 Å². The average molecular weight is 393 g/mol. The van der Waals surface area contributed by atoms with Crippen molar-refractivity contribution in [1.82, 2.24) is 19.9 Å². The number of aromatic amines is 1. The average Bonchev–Trinajstić information content (AvgIpc) is 3.15. The Balaban J connectivity index is 1.39. The van der Waals surface area contributed by atoms with Crippen LogP contribution in [-0.4, -0.2) is 44.6 Å². The van der Waals surface area contributed by atoms with E-state index in [0.29, 0.717) is 25.0 Å². The number of benzene rings is 1. The highest BCUT2D eigenvalue weighted by atomic mass is 16.6. The van der Waals surface area contributed by atoms with E-state index in [-0.39, 0.29) is 6.09 Å². The smallest absolute Gasteiger partial charge is 0.410 e. The predicted octanol–water partition coefficient (Wildman–Crippen LogP) is 4.82. The van der Waals surface area contributed by atoms with E-state index in [1.54, 1.807) is 11.1 Å². The van der Waals surface area contributed by atoms with Crippen LogP contribution in [-0.2, 0) is 4.74 Å². The molecule has 1 aliphatic heterocycles. The molecule has 4 rings (SSSR count). The largest absolute Gasteiger partial charge is 0.444 e. The van der Waals surface area contributed by atoms with Crippen LogP contribution in [0.4, 0.5) is 16.4 Å². The molecule has 1 fully saturated rings. The second-order valence-electron chi connectivity index (χ2n) is 8.45. The van der Waals surface area contributed by atoms with Crippen molar-refractivity contribution < 1.29 is 9.53 Å². The Kier molecular flexibility index (Phi) is 5.13. The number of piperidine rings is 1. The molecule has 7 nitrogen and oxygen atoms in total. The van der Waals surface area contributed by atoms with Gasteiger partial charge in [-0.2, -0.15) is 0 Å². The van der Waals surface area contributed by atoms with Crippen LogP contribution in [0.3, 0.4) is 0 Å². The molecule has 0 spiro atoms. The van der Waals surface area contributed by atoms with Crippen LogP contribution in [0.25, 0.3) is 10.9 Å². The molecule has 0 bridgehead atoms. The SMILES string of the molecule is CC(C)(C)OC(=O)N1CCC(c2ccnc(Nc3ccc4[nH]ccc4c3)n2)CC1. The molecule has 1 saturated heterocycles. The van der Waals surface area contributed by atoms with Crippen LogP contribution in [0.1, 0.15) is 45.2 Å². The van der Waals surface area contributed by atoms with Gasteiger partial charge in [0.25, 0.3) is 0 Å². The number of aromatic nitrogens is 3. The number of likely N-dealkylation sites (tertiary alicyclic amines) is 1. The van der Waals surface area contributed by atoms with Gasteiger partial charge in [-0.15, -0.1) is 0 Å². The minimum absolute atomic E-state index is 0.235. The summed E-state index contributed by atoms with van der Waals surface area (Å²) >= 11 is 0. The first-order valence-corrected chi connectivity index (χ1v) is 10.0. The predicted molar refractivity (Wildman–Crippen MR) is 113 cm³/mol. The molecule has 7 heteroatoms. The lowest BCUT2D eigenvalue weighted by Crippen LogP contribution is -2.41. The number of fused-ring (bicyclic) bond motifs is 1. The molecule has 1 aliphatic rings. The van der Waals surface area contributed by atoms with Crippen LogP contribution in [0.2, 0.25) is 0 Å². The van der Waals surface area contributed by atoms with E-state index in [0.717, 1.165) is 35.1 Å². The first-order chi connectivity index (χ1) is 13.9. The van der Waals surface area contributed by atoms with Crippen molar-refractivity contribution in [2.24, 2.45) is 0 Å². The van der Waals surface area contributed by atoms with Crippen molar-refractivity contribution in [3.05, 3.63) is 48.4 Å². The number of amides is 1. The number of rotatable bonds is 3. The lowest BCUT2D eigenvalue weighted by molar-refractivity contribution is 0.0204. The molecule has 0 atom stereocenters. The van der Waals surface area contributed by atoms with E-state index in [9.17, 15) is 4.79 Å². The summed E-state index contributed by atoms with van der Waals surface area (Å²) in [5, 5.41) is 4.44. The molecule has 152 valence electrons. The summed E-state index contributed by atoms with van der Waals surface area (Å²) in [5.74, 6) is 0.899. The van der Waals surface area contributed by atoms with Crippen molar-refractivity contribution >= 4 is 28.6 Å². The Morgan fingerprint density at radius 1 is 1.21 bits per heavy atom. The van der Waals surface area contributed by atoms with Crippen LogP contribution >= 0.6 is 0 Å². The number of anilines is 2. The van der Waals surface area contributed by atoms with Gasteiger partial charge in [0.15, 0.2) is 0 Å². The van der Waals surface area contributed by atoms with Gasteiger partial charge >= 0.3 is 6.09 Å². The summed E-state index contributed by atoms with van der Waals surface area (Å²) in [4.78, 5) is 26.3. The second-order valence-corrected chi connectivity index (χ2v) is 8.45. The quantitative estimate of drug-likeness (QED) is 0.667. The van der Waals surface area contributed by atoms with Gasteiger partial charge in [-0.1, -0.05) is 0 Å². The summed E-state index contributed by atoms with van der Waals surface area (Å²) in [6, 6.07) is 10.1. The van der Waals surface area contributed by atoms with Crippen LogP contribution < -0.4 is 5.32 Å². The zero-order valence-electron chi connectivity index (χ0n) is 17.1. The van der Waals surface area contributed by atoms with Crippen molar-refractivity contribution in [1.29, 1.82) is 0 Å². The maximum Gasteiger partial charge on any atom is 0.410 e. The topological polar surface area (TPSA) is 83.1 Å². The maximum atomic E-state index is 12.3. The van der Waals surface area contributed by atoms with Crippen molar-refractivity contribution in [3.8, 4) is 0 Å². The zero-order chi connectivity index (χ0) is 20.4. The summed E-state index contributed by atoms with van der Waals surface area (Å²) < 4.78 is 5.48. The monoisotopic (exact) mass is 393 g/mol. The van der Waals surface area contributed by atoms with Crippen LogP contribution in [0, 0.1) is 0 Å². The third-order valence-corrected chi connectivity index (χ3v) is 5.05. The minimum Gasteiger partial charge on any atom is -0.444 e. The van der Waals surface area contributed by atoms with Gasteiger partial charge in [0.2, 0.25) is 5.95 Å². The van der Waals surface area contributed by atoms with E-state index in [1.165, 1.54) is 0 Å². The van der Waals surface area contributed by atoms with Crippen LogP contribution in [0.15, 0.2) is 42.7 Å². The lowest BCUT2D eigenvalue weighted by atomic mass is 9.93. The molecule has 1 aromatic carbocycles. The number of hydrogen-bond acceptors (Lipinski definition) is 5. The molecular weight excluding hydrogens is 366 g/mol. The molecule has 1 amide bonds. The Morgan fingerprint density at radius 3 is 2.76 bits per heavy atom. The van der Waals surface area contributed by atoms with Crippen molar-refractivity contribution in [2.45, 2.75) is 45.1 Å². The summed E-state index contributed by atoms with van der Waals surface area (Å²) in [6.07, 6.45) is 5.21. The zero-order valence-corrected chi connectivity index (χ0v) is 17.1. The number of nitrogens with zero attached hydrogens (tertiary/aromatic N) is 3. The third-order valence-electron chi connectivity index (χ3n) is 5.05. The number of carbonyl (C=O) groups excluding carboxylic acids is 1. The molecular formula is C22H27N5O2. The number of H-pyrrole nitrogens is 1. The molecule has 0 unspecified atom stereocenters. The van der Waals surface area contributed by atoms with Gasteiger partial charge in [0.05, 0.1) is 0 Å². The number of hydrogen-bond donors (Lipinski definition) is 2. The van der Waals surface area contributed by atoms with E-state index in [1.807, 2.05) is 51.2 Å². The summed E-state index contributed by atoms with van der Waals surface area (Å²) in [5.41, 5.74) is 2.59. The highest BCUT2D eigenvalue weighted by Gasteiger charge is 2.28. The van der Waals surface area contributed by atoms with Gasteiger partial charge in [0.1, 0.15) is 5.60 Å². The van der Waals surface area contributed by atoms with E-state index in [4.69, 9.17) is 9.72 Å². The summed E-state index contributed by atoms with van der Waals surface area (Å²) in [7, 11) is 0. The van der Waals surface area contributed by atoms with Crippen LogP contribution in [0.5, 0.6) is 0 Å². The first-order valence-electron chi connectivity index (χ1n) is 10.0. The molecule has 2 N–H and O–H groups in total. The van der Waals surface area contributed by atoms with Gasteiger partial charge < -0.3 is 19.9 Å². The molecule has 0 saturated carbocycles. The fraction of sp³-hybridized carbons (Fsp3) is 0.409. The third kappa shape index (κ3) is 4.67. The standard InChI is InChI=1S/C22H27N5O2/c1-22(2,3)29-21(28)27-12-8-15(9-13-27)19-7-11-24-20(26-19)25-17-4-5-18-16(14-17)6-10-23-18/h4-7,10-11,14-15,23H,8-9,12-13H2,1-3H3,(H,24,25,26). The number of ether oxygens (including phenoxy) is 1. The highest BCUT2D eigenvalue weighted by Crippen LogP contribution is 2.28. The summed E-state index contributed by atoms with van der Waals surface area (Å²) in [6.45, 7) is 7.02. The van der Waals surface area contributed by atoms with Gasteiger partial charge in [-0.25, -0.2) is 14.8 Å². The van der Waals surface area contributed by atoms with Crippen molar-refractivity contribution in [2.75, 3.05) is 18.4 Å². The van der Waals surface area contributed by atoms with Crippen molar-refractivity contribution in [3.63, 3.8) is 0 Å². The molecule has 3 aromatic rings. The molecule has 29 heavy (non-hydrogen) atoms. The lowest BCUT2D eigenvalue weighted by Gasteiger charge is -2.33. The van der Waals surface area contributed by atoms with E-state index < -0.39 is 5.60 Å². The first kappa shape index (κ1) is 19.2. The Hall–Kier alpha value is -3.09. The molecule has 2 aromatic heterocycles. The fourth-order valence-corrected chi connectivity index (χ4v) is 3.60. The Labute approximate surface area is 170 Å². The fourth-order valence-electron chi connectivity index (χ4n) is 3.60. The van der Waals surface area contributed by atoms with Gasteiger partial charge in [0, 0.05) is 53.7 Å². The Morgan fingerprint density at radius 2 is 2.00 bits per heavy atom. The molecule has 3 heterocycles.